The van der Waals surface area contributed by atoms with Gasteiger partial charge in [0, 0.05) is 18.4 Å². The molecule has 0 aromatic carbocycles. The van der Waals surface area contributed by atoms with Gasteiger partial charge in [0.25, 0.3) is 5.91 Å². The maximum Gasteiger partial charge on any atom is 0.333 e. The van der Waals surface area contributed by atoms with Crippen molar-refractivity contribution in [1.82, 2.24) is 4.90 Å². The van der Waals surface area contributed by atoms with Crippen molar-refractivity contribution in [3.8, 4) is 0 Å². The molecule has 0 N–H and O–H groups in total. The molecule has 1 saturated heterocycles. The smallest absolute Gasteiger partial charge is 0.333 e. The van der Waals surface area contributed by atoms with Gasteiger partial charge in [-0.15, -0.1) is 11.6 Å². The Labute approximate surface area is 181 Å². The van der Waals surface area contributed by atoms with E-state index in [0.717, 1.165) is 11.5 Å². The van der Waals surface area contributed by atoms with Gasteiger partial charge in [-0.3, -0.25) is 9.79 Å². The highest BCUT2D eigenvalue weighted by atomic mass is 35.6. The highest BCUT2D eigenvalue weighted by Crippen LogP contribution is 2.48. The molecule has 0 radical (unpaired) electrons. The average molecular weight is 476 g/mol. The Morgan fingerprint density at radius 1 is 1.48 bits per heavy atom. The van der Waals surface area contributed by atoms with Crippen LogP contribution < -0.4 is 0 Å². The number of hydrogen-bond acceptors (Lipinski definition) is 6. The first kappa shape index (κ1) is 21.5. The summed E-state index contributed by atoms with van der Waals surface area (Å²) in [7, 11) is 0. The first-order valence-electron chi connectivity index (χ1n) is 8.33. The summed E-state index contributed by atoms with van der Waals surface area (Å²) < 4.78 is 8.91. The fourth-order valence-corrected chi connectivity index (χ4v) is 4.87. The Kier molecular flexibility index (Phi) is 6.60. The highest BCUT2D eigenvalue weighted by Gasteiger charge is 2.59. The molecule has 3 rings (SSSR count). The first-order valence-corrected chi connectivity index (χ1v) is 10.9. The van der Waals surface area contributed by atoms with Crippen molar-refractivity contribution in [3.05, 3.63) is 12.2 Å². The van der Waals surface area contributed by atoms with Crippen molar-refractivity contribution in [2.24, 2.45) is 10.9 Å². The summed E-state index contributed by atoms with van der Waals surface area (Å²) in [5.74, 6) is -0.784. The molecule has 0 bridgehead atoms. The van der Waals surface area contributed by atoms with E-state index in [1.807, 2.05) is 6.92 Å². The summed E-state index contributed by atoms with van der Waals surface area (Å²) >= 11 is 24.2. The largest absolute Gasteiger partial charge is 0.459 e. The third kappa shape index (κ3) is 4.54. The number of nitrogens with zero attached hydrogens (tertiary/aromatic N) is 2. The Morgan fingerprint density at radius 2 is 2.19 bits per heavy atom. The van der Waals surface area contributed by atoms with Gasteiger partial charge in [0.1, 0.15) is 12.0 Å². The van der Waals surface area contributed by atoms with E-state index in [1.165, 1.54) is 16.7 Å². The Morgan fingerprint density at radius 3 is 2.78 bits per heavy atom. The second-order valence-corrected chi connectivity index (χ2v) is 10.3. The van der Waals surface area contributed by atoms with Crippen LogP contribution in [0.15, 0.2) is 17.1 Å². The number of thioether (sulfide) groups is 1. The third-order valence-electron chi connectivity index (χ3n) is 4.43. The van der Waals surface area contributed by atoms with Crippen LogP contribution in [0.1, 0.15) is 13.3 Å². The normalized spacial score (nSPS) is 30.3. The number of aliphatic imine (C=N–C) groups is 1. The molecule has 0 aromatic rings. The molecular formula is C16H18Cl4N2O4S. The van der Waals surface area contributed by atoms with E-state index in [1.54, 1.807) is 0 Å². The highest BCUT2D eigenvalue weighted by molar-refractivity contribution is 8.15. The van der Waals surface area contributed by atoms with Gasteiger partial charge in [0.05, 0.1) is 11.1 Å². The topological polar surface area (TPSA) is 68.2 Å². The molecule has 3 aliphatic rings. The van der Waals surface area contributed by atoms with Crippen LogP contribution in [0.25, 0.3) is 0 Å². The number of hydrogen-bond donors (Lipinski definition) is 0. The molecule has 2 heterocycles. The van der Waals surface area contributed by atoms with E-state index in [2.05, 4.69) is 11.6 Å². The van der Waals surface area contributed by atoms with Crippen LogP contribution in [0.2, 0.25) is 0 Å². The number of ether oxygens (including phenoxy) is 2. The number of carbonyl (C=O) groups excluding carboxylic acids is 2. The minimum Gasteiger partial charge on any atom is -0.459 e. The van der Waals surface area contributed by atoms with Crippen molar-refractivity contribution in [1.29, 1.82) is 0 Å². The number of fused-ring (bicyclic) bond motifs is 1. The van der Waals surface area contributed by atoms with Crippen LogP contribution in [-0.2, 0) is 19.1 Å². The molecule has 2 fully saturated rings. The van der Waals surface area contributed by atoms with Crippen LogP contribution in [0.5, 0.6) is 0 Å². The lowest BCUT2D eigenvalue weighted by Crippen LogP contribution is -2.66. The molecule has 2 aliphatic heterocycles. The molecule has 1 amide bonds. The summed E-state index contributed by atoms with van der Waals surface area (Å²) in [6.45, 7) is 5.95. The molecule has 1 aliphatic carbocycles. The summed E-state index contributed by atoms with van der Waals surface area (Å²) in [4.78, 5) is 31.1. The fraction of sp³-hybridized carbons (Fsp3) is 0.688. The summed E-state index contributed by atoms with van der Waals surface area (Å²) in [5.41, 5.74) is 0.338. The predicted molar refractivity (Wildman–Crippen MR) is 108 cm³/mol. The first-order chi connectivity index (χ1) is 12.7. The molecule has 6 nitrogen and oxygen atoms in total. The van der Waals surface area contributed by atoms with E-state index in [-0.39, 0.29) is 29.2 Å². The van der Waals surface area contributed by atoms with Crippen LogP contribution >= 0.6 is 58.2 Å². The summed E-state index contributed by atoms with van der Waals surface area (Å²) in [6, 6.07) is -1.54. The van der Waals surface area contributed by atoms with Gasteiger partial charge in [0.2, 0.25) is 3.79 Å². The number of halogens is 4. The Hall–Kier alpha value is -0.180. The van der Waals surface area contributed by atoms with Gasteiger partial charge >= 0.3 is 5.97 Å². The maximum absolute atomic E-state index is 12.6. The fourth-order valence-electron chi connectivity index (χ4n) is 3.07. The van der Waals surface area contributed by atoms with E-state index >= 15 is 0 Å². The van der Waals surface area contributed by atoms with Gasteiger partial charge < -0.3 is 14.4 Å². The van der Waals surface area contributed by atoms with E-state index in [4.69, 9.17) is 55.9 Å². The molecular weight excluding hydrogens is 458 g/mol. The van der Waals surface area contributed by atoms with E-state index in [9.17, 15) is 9.59 Å². The molecule has 0 aromatic heterocycles. The molecule has 150 valence electrons. The lowest BCUT2D eigenvalue weighted by atomic mass is 10.00. The number of amides is 1. The second-order valence-electron chi connectivity index (χ2n) is 6.42. The number of carbonyl (C=O) groups is 2. The summed E-state index contributed by atoms with van der Waals surface area (Å²) in [5, 5.41) is 0.602. The van der Waals surface area contributed by atoms with Gasteiger partial charge in [0.15, 0.2) is 12.1 Å². The minimum absolute atomic E-state index is 0.0118. The van der Waals surface area contributed by atoms with Gasteiger partial charge in [-0.2, -0.15) is 0 Å². The molecule has 0 spiro atoms. The standard InChI is InChI=1S/C16H18Cl4N2O4S/c1-3-25-9-4-8(9)12-21-10-13(23)22(14(10)27-12)11(7(2)5-17)15(24)26-6-16(18,19)20/h8-11,14H,2-6H2,1H3. The van der Waals surface area contributed by atoms with Crippen LogP contribution in [0.4, 0.5) is 0 Å². The number of β-lactam (4-membered cyclic amide) rings is 1. The third-order valence-corrected chi connectivity index (χ3v) is 6.47. The minimum atomic E-state index is -1.75. The van der Waals surface area contributed by atoms with Crippen molar-refractivity contribution >= 4 is 75.1 Å². The van der Waals surface area contributed by atoms with E-state index in [0.29, 0.717) is 12.2 Å². The van der Waals surface area contributed by atoms with Gasteiger partial charge in [-0.1, -0.05) is 53.1 Å². The van der Waals surface area contributed by atoms with Crippen LogP contribution in [-0.4, -0.2) is 68.3 Å². The van der Waals surface area contributed by atoms with Crippen molar-refractivity contribution in [2.75, 3.05) is 19.1 Å². The lowest BCUT2D eigenvalue weighted by Gasteiger charge is -2.45. The van der Waals surface area contributed by atoms with Crippen LogP contribution in [0.3, 0.4) is 0 Å². The lowest BCUT2D eigenvalue weighted by molar-refractivity contribution is -0.160. The Balaban J connectivity index is 1.68. The van der Waals surface area contributed by atoms with Crippen molar-refractivity contribution in [2.45, 2.75) is 40.7 Å². The molecule has 5 atom stereocenters. The predicted octanol–water partition coefficient (Wildman–Crippen LogP) is 3.17. The SMILES string of the molecule is C=C(CCl)C(C(=O)OCC(Cl)(Cl)Cl)N1C(=O)C2N=C(C3CC3OCC)SC21. The second kappa shape index (κ2) is 8.28. The number of alkyl halides is 4. The molecule has 11 heteroatoms. The number of rotatable bonds is 8. The quantitative estimate of drug-likeness (QED) is 0.233. The maximum atomic E-state index is 12.6. The average Bonchev–Trinajstić information content (AvgIpc) is 3.26. The zero-order valence-electron chi connectivity index (χ0n) is 14.4. The number of esters is 1. The molecule has 27 heavy (non-hydrogen) atoms. The summed E-state index contributed by atoms with van der Waals surface area (Å²) in [6.07, 6.45) is 1.06. The zero-order valence-corrected chi connectivity index (χ0v) is 18.2. The van der Waals surface area contributed by atoms with Crippen molar-refractivity contribution in [3.63, 3.8) is 0 Å². The van der Waals surface area contributed by atoms with E-state index < -0.39 is 28.5 Å². The van der Waals surface area contributed by atoms with Crippen molar-refractivity contribution < 1.29 is 19.1 Å². The number of likely N-dealkylation sites (tertiary alicyclic amines) is 1. The molecule has 1 saturated carbocycles. The zero-order chi connectivity index (χ0) is 19.9. The van der Waals surface area contributed by atoms with Gasteiger partial charge in [-0.25, -0.2) is 4.79 Å². The van der Waals surface area contributed by atoms with Crippen LogP contribution in [0, 0.1) is 5.92 Å². The van der Waals surface area contributed by atoms with Gasteiger partial charge in [-0.05, 0) is 18.9 Å². The Bertz CT molecular complexity index is 684. The molecule has 5 unspecified atom stereocenters. The monoisotopic (exact) mass is 474 g/mol.